The number of phenolic OH excluding ortho intramolecular Hbond substituents is 1. The highest BCUT2D eigenvalue weighted by molar-refractivity contribution is 5.98. The minimum absolute atomic E-state index is 0.0205. The zero-order valence-electron chi connectivity index (χ0n) is 17.6. The number of H-pyrrole nitrogens is 1. The molecule has 1 saturated carbocycles. The molecule has 1 amide bonds. The minimum Gasteiger partial charge on any atom is -0.505 e. The maximum Gasteiger partial charge on any atom is 0.290 e. The van der Waals surface area contributed by atoms with Crippen LogP contribution in [-0.4, -0.2) is 45.8 Å². The van der Waals surface area contributed by atoms with E-state index in [0.717, 1.165) is 43.2 Å². The lowest BCUT2D eigenvalue weighted by Crippen LogP contribution is -2.34. The van der Waals surface area contributed by atoms with E-state index in [2.05, 4.69) is 15.7 Å². The van der Waals surface area contributed by atoms with Gasteiger partial charge in [-0.3, -0.25) is 24.2 Å². The predicted molar refractivity (Wildman–Crippen MR) is 117 cm³/mol. The van der Waals surface area contributed by atoms with Crippen LogP contribution in [0.1, 0.15) is 48.9 Å². The summed E-state index contributed by atoms with van der Waals surface area (Å²) in [7, 11) is 4.66. The first-order chi connectivity index (χ1) is 14.3. The van der Waals surface area contributed by atoms with E-state index in [-0.39, 0.29) is 45.9 Å². The Morgan fingerprint density at radius 2 is 1.80 bits per heavy atom. The van der Waals surface area contributed by atoms with E-state index in [0.29, 0.717) is 0 Å². The zero-order chi connectivity index (χ0) is 21.8. The smallest absolute Gasteiger partial charge is 0.290 e. The van der Waals surface area contributed by atoms with Gasteiger partial charge in [-0.05, 0) is 25.0 Å². The van der Waals surface area contributed by atoms with Crippen LogP contribution >= 0.6 is 0 Å². The molecule has 4 N–H and O–H groups in total. The SMILES string of the molecule is CN(C)C(=O)c1cccc(Nc2c(NC3CCCCCC3)c(=O)n(C)[nH]c2=O)c1O. The van der Waals surface area contributed by atoms with Crippen molar-refractivity contribution in [3.05, 3.63) is 44.5 Å². The van der Waals surface area contributed by atoms with Gasteiger partial charge in [0, 0.05) is 27.2 Å². The number of aryl methyl sites for hydroxylation is 1. The Morgan fingerprint density at radius 1 is 1.13 bits per heavy atom. The molecule has 30 heavy (non-hydrogen) atoms. The summed E-state index contributed by atoms with van der Waals surface area (Å²) in [5.41, 5.74) is -0.420. The van der Waals surface area contributed by atoms with Crippen LogP contribution in [-0.2, 0) is 7.05 Å². The summed E-state index contributed by atoms with van der Waals surface area (Å²) in [5.74, 6) is -0.650. The van der Waals surface area contributed by atoms with Gasteiger partial charge in [-0.2, -0.15) is 0 Å². The second-order valence-electron chi connectivity index (χ2n) is 7.91. The minimum atomic E-state index is -0.503. The highest BCUT2D eigenvalue weighted by Gasteiger charge is 2.21. The number of phenols is 1. The Labute approximate surface area is 174 Å². The highest BCUT2D eigenvalue weighted by atomic mass is 16.3. The predicted octanol–water partition coefficient (Wildman–Crippen LogP) is 2.36. The number of hydrogen-bond donors (Lipinski definition) is 4. The number of carbonyl (C=O) groups is 1. The fourth-order valence-corrected chi connectivity index (χ4v) is 3.72. The van der Waals surface area contributed by atoms with Crippen molar-refractivity contribution in [1.82, 2.24) is 14.7 Å². The molecule has 0 atom stereocenters. The third kappa shape index (κ3) is 4.50. The Morgan fingerprint density at radius 3 is 2.43 bits per heavy atom. The number of nitrogens with zero attached hydrogens (tertiary/aromatic N) is 2. The number of amides is 1. The molecule has 9 nitrogen and oxygen atoms in total. The molecule has 1 fully saturated rings. The van der Waals surface area contributed by atoms with Crippen molar-refractivity contribution in [2.45, 2.75) is 44.6 Å². The van der Waals surface area contributed by atoms with E-state index in [9.17, 15) is 19.5 Å². The van der Waals surface area contributed by atoms with Crippen LogP contribution in [0.3, 0.4) is 0 Å². The van der Waals surface area contributed by atoms with Crippen LogP contribution in [0.15, 0.2) is 27.8 Å². The number of carbonyl (C=O) groups excluding carboxylic acids is 1. The fraction of sp³-hybridized carbons (Fsp3) is 0.476. The van der Waals surface area contributed by atoms with Gasteiger partial charge in [0.15, 0.2) is 5.75 Å². The second-order valence-corrected chi connectivity index (χ2v) is 7.91. The molecule has 0 unspecified atom stereocenters. The molecule has 3 rings (SSSR count). The van der Waals surface area contributed by atoms with E-state index >= 15 is 0 Å². The van der Waals surface area contributed by atoms with E-state index in [1.54, 1.807) is 26.2 Å². The van der Waals surface area contributed by atoms with Gasteiger partial charge in [0.05, 0.1) is 11.3 Å². The van der Waals surface area contributed by atoms with Crippen LogP contribution in [0, 0.1) is 0 Å². The van der Waals surface area contributed by atoms with Gasteiger partial charge in [0.2, 0.25) is 0 Å². The van der Waals surface area contributed by atoms with Crippen LogP contribution < -0.4 is 21.8 Å². The molecule has 0 radical (unpaired) electrons. The zero-order valence-corrected chi connectivity index (χ0v) is 17.6. The average molecular weight is 415 g/mol. The molecule has 0 spiro atoms. The quantitative estimate of drug-likeness (QED) is 0.440. The maximum atomic E-state index is 12.8. The molecule has 1 heterocycles. The Hall–Kier alpha value is -3.23. The van der Waals surface area contributed by atoms with Crippen molar-refractivity contribution in [2.75, 3.05) is 24.7 Å². The monoisotopic (exact) mass is 415 g/mol. The first-order valence-corrected chi connectivity index (χ1v) is 10.2. The first kappa shape index (κ1) is 21.5. The number of hydrogen-bond acceptors (Lipinski definition) is 6. The molecular weight excluding hydrogens is 386 g/mol. The van der Waals surface area contributed by atoms with E-state index in [1.807, 2.05) is 0 Å². The summed E-state index contributed by atoms with van der Waals surface area (Å²) >= 11 is 0. The summed E-state index contributed by atoms with van der Waals surface area (Å²) in [6.45, 7) is 0. The number of para-hydroxylation sites is 1. The van der Waals surface area contributed by atoms with Gasteiger partial charge in [0.25, 0.3) is 17.0 Å². The van der Waals surface area contributed by atoms with Crippen LogP contribution in [0.2, 0.25) is 0 Å². The van der Waals surface area contributed by atoms with Gasteiger partial charge in [-0.25, -0.2) is 0 Å². The topological polar surface area (TPSA) is 119 Å². The first-order valence-electron chi connectivity index (χ1n) is 10.2. The molecule has 1 aliphatic rings. The third-order valence-electron chi connectivity index (χ3n) is 5.40. The number of aromatic hydroxyl groups is 1. The summed E-state index contributed by atoms with van der Waals surface area (Å²) in [6.07, 6.45) is 6.31. The van der Waals surface area contributed by atoms with Crippen LogP contribution in [0.5, 0.6) is 5.75 Å². The Kier molecular flexibility index (Phi) is 6.49. The maximum absolute atomic E-state index is 12.8. The average Bonchev–Trinajstić information content (AvgIpc) is 2.98. The fourth-order valence-electron chi connectivity index (χ4n) is 3.72. The van der Waals surface area contributed by atoms with Gasteiger partial charge in [-0.15, -0.1) is 0 Å². The van der Waals surface area contributed by atoms with Gasteiger partial charge < -0.3 is 20.6 Å². The van der Waals surface area contributed by atoms with E-state index in [4.69, 9.17) is 0 Å². The molecule has 2 aromatic rings. The highest BCUT2D eigenvalue weighted by Crippen LogP contribution is 2.32. The Balaban J connectivity index is 2.01. The number of aromatic nitrogens is 2. The summed E-state index contributed by atoms with van der Waals surface area (Å²) in [6, 6.07) is 4.75. The number of benzene rings is 1. The standard InChI is InChI=1S/C21H29N5O4/c1-25(2)20(29)14-11-8-12-15(18(14)27)23-16-17(21(30)26(3)24-19(16)28)22-13-9-6-4-5-7-10-13/h8,11-13,22-23,27H,4-7,9-10H2,1-3H3,(H,24,28). The third-order valence-corrected chi connectivity index (χ3v) is 5.40. The van der Waals surface area contributed by atoms with Crippen molar-refractivity contribution in [3.63, 3.8) is 0 Å². The van der Waals surface area contributed by atoms with Crippen molar-refractivity contribution in [3.8, 4) is 5.75 Å². The molecular formula is C21H29N5O4. The van der Waals surface area contributed by atoms with Gasteiger partial charge >= 0.3 is 0 Å². The molecule has 162 valence electrons. The number of anilines is 3. The number of nitrogens with one attached hydrogen (secondary N) is 3. The van der Waals surface area contributed by atoms with Crippen molar-refractivity contribution in [1.29, 1.82) is 0 Å². The van der Waals surface area contributed by atoms with Gasteiger partial charge in [0.1, 0.15) is 11.4 Å². The molecule has 0 aliphatic heterocycles. The largest absolute Gasteiger partial charge is 0.505 e. The van der Waals surface area contributed by atoms with Crippen molar-refractivity contribution < 1.29 is 9.90 Å². The molecule has 0 bridgehead atoms. The van der Waals surface area contributed by atoms with E-state index in [1.165, 1.54) is 18.0 Å². The molecule has 1 aliphatic carbocycles. The summed E-state index contributed by atoms with van der Waals surface area (Å²) in [4.78, 5) is 39.2. The van der Waals surface area contributed by atoms with Crippen LogP contribution in [0.4, 0.5) is 17.1 Å². The van der Waals surface area contributed by atoms with E-state index < -0.39 is 5.56 Å². The lowest BCUT2D eigenvalue weighted by atomic mass is 10.1. The van der Waals surface area contributed by atoms with Gasteiger partial charge in [-0.1, -0.05) is 31.7 Å². The van der Waals surface area contributed by atoms with Crippen molar-refractivity contribution in [2.24, 2.45) is 7.05 Å². The molecule has 1 aromatic carbocycles. The lowest BCUT2D eigenvalue weighted by molar-refractivity contribution is 0.0824. The van der Waals surface area contributed by atoms with Crippen LogP contribution in [0.25, 0.3) is 0 Å². The number of aromatic amines is 1. The normalized spacial score (nSPS) is 14.8. The lowest BCUT2D eigenvalue weighted by Gasteiger charge is -2.21. The molecule has 9 heteroatoms. The molecule has 1 aromatic heterocycles. The van der Waals surface area contributed by atoms with Crippen molar-refractivity contribution >= 4 is 23.0 Å². The Bertz CT molecular complexity index is 1030. The second kappa shape index (κ2) is 9.06. The summed E-state index contributed by atoms with van der Waals surface area (Å²) in [5, 5.41) is 19.2. The number of rotatable bonds is 5. The molecule has 0 saturated heterocycles. The summed E-state index contributed by atoms with van der Waals surface area (Å²) < 4.78 is 1.14.